The maximum absolute atomic E-state index is 12.7. The Kier molecular flexibility index (Phi) is 39.3. The molecule has 0 bridgehead atoms. The predicted molar refractivity (Wildman–Crippen MR) is 236 cm³/mol. The molecule has 0 heterocycles. The van der Waals surface area contributed by atoms with Crippen molar-refractivity contribution < 1.29 is 42.1 Å². The van der Waals surface area contributed by atoms with Crippen LogP contribution in [0.5, 0.6) is 0 Å². The van der Waals surface area contributed by atoms with E-state index >= 15 is 0 Å². The summed E-state index contributed by atoms with van der Waals surface area (Å²) in [6.07, 6.45) is 42.3. The highest BCUT2D eigenvalue weighted by Crippen LogP contribution is 2.38. The van der Waals surface area contributed by atoms with E-state index in [0.29, 0.717) is 17.4 Å². The number of carbonyl (C=O) groups is 2. The van der Waals surface area contributed by atoms with Crippen LogP contribution in [0.25, 0.3) is 0 Å². The van der Waals surface area contributed by atoms with Crippen LogP contribution in [0.1, 0.15) is 226 Å². The van der Waals surface area contributed by atoms with Crippen LogP contribution in [-0.2, 0) is 32.7 Å². The van der Waals surface area contributed by atoms with Gasteiger partial charge in [-0.25, -0.2) is 0 Å². The van der Waals surface area contributed by atoms with Crippen LogP contribution in [0.15, 0.2) is 12.2 Å². The van der Waals surface area contributed by atoms with Gasteiger partial charge in [0.2, 0.25) is 0 Å². The number of allylic oxidation sites excluding steroid dienone is 2. The average molecular weight is 830 g/mol. The minimum Gasteiger partial charge on any atom is -0.756 e. The van der Waals surface area contributed by atoms with Crippen molar-refractivity contribution in [2.24, 2.45) is 0 Å². The zero-order valence-corrected chi connectivity index (χ0v) is 38.9. The van der Waals surface area contributed by atoms with Gasteiger partial charge in [0.15, 0.2) is 6.10 Å². The maximum atomic E-state index is 12.7. The zero-order valence-electron chi connectivity index (χ0n) is 38.1. The van der Waals surface area contributed by atoms with Gasteiger partial charge in [0.1, 0.15) is 19.8 Å². The van der Waals surface area contributed by atoms with Crippen LogP contribution in [-0.4, -0.2) is 70.0 Å². The van der Waals surface area contributed by atoms with Crippen molar-refractivity contribution in [3.05, 3.63) is 12.2 Å². The van der Waals surface area contributed by atoms with E-state index in [2.05, 4.69) is 26.0 Å². The van der Waals surface area contributed by atoms with Gasteiger partial charge in [0, 0.05) is 12.8 Å². The Hall–Kier alpha value is -1.25. The van der Waals surface area contributed by atoms with Crippen LogP contribution in [0.2, 0.25) is 0 Å². The van der Waals surface area contributed by atoms with Crippen molar-refractivity contribution in [3.63, 3.8) is 0 Å². The first-order valence-corrected chi connectivity index (χ1v) is 25.4. The highest BCUT2D eigenvalue weighted by Gasteiger charge is 2.21. The molecular formula is C47H92NO8P. The number of hydrogen-bond acceptors (Lipinski definition) is 8. The fourth-order valence-electron chi connectivity index (χ4n) is 6.77. The third-order valence-electron chi connectivity index (χ3n) is 10.5. The standard InChI is InChI=1S/C47H92NO8P/c1-6-8-10-12-14-16-18-20-22-24-26-28-30-32-34-36-38-40-47(50)56-45(44-55-57(51,52)54-42-41-48(3,4)5)43-53-46(49)39-37-35-33-31-29-27-25-23-21-19-17-15-13-11-9-7-2/h23,25,45H,6-22,24,26-44H2,1-5H3/b25-23-/t45-/m1/s1. The van der Waals surface area contributed by atoms with Gasteiger partial charge in [0.05, 0.1) is 27.7 Å². The number of rotatable bonds is 44. The molecular weight excluding hydrogens is 737 g/mol. The molecule has 10 heteroatoms. The van der Waals surface area contributed by atoms with E-state index < -0.39 is 26.5 Å². The van der Waals surface area contributed by atoms with Crippen LogP contribution >= 0.6 is 7.82 Å². The van der Waals surface area contributed by atoms with Gasteiger partial charge in [0.25, 0.3) is 7.82 Å². The number of likely N-dealkylation sites (N-methyl/N-ethyl adjacent to an activating group) is 1. The molecule has 0 radical (unpaired) electrons. The topological polar surface area (TPSA) is 111 Å². The van der Waals surface area contributed by atoms with E-state index in [-0.39, 0.29) is 32.0 Å². The van der Waals surface area contributed by atoms with Crippen LogP contribution in [0.4, 0.5) is 0 Å². The average Bonchev–Trinajstić information content (AvgIpc) is 3.16. The fraction of sp³-hybridized carbons (Fsp3) is 0.915. The number of ether oxygens (including phenoxy) is 2. The molecule has 0 aliphatic carbocycles. The molecule has 0 rings (SSSR count). The largest absolute Gasteiger partial charge is 0.756 e. The van der Waals surface area contributed by atoms with E-state index in [1.165, 1.54) is 141 Å². The molecule has 0 aliphatic rings. The smallest absolute Gasteiger partial charge is 0.306 e. The molecule has 0 saturated heterocycles. The summed E-state index contributed by atoms with van der Waals surface area (Å²) in [5.74, 6) is -0.832. The van der Waals surface area contributed by atoms with Gasteiger partial charge in [-0.1, -0.05) is 187 Å². The molecule has 0 amide bonds. The summed E-state index contributed by atoms with van der Waals surface area (Å²) >= 11 is 0. The quantitative estimate of drug-likeness (QED) is 0.0196. The van der Waals surface area contributed by atoms with Gasteiger partial charge in [-0.3, -0.25) is 14.2 Å². The first-order valence-electron chi connectivity index (χ1n) is 23.9. The lowest BCUT2D eigenvalue weighted by Crippen LogP contribution is -2.37. The minimum atomic E-state index is -4.62. The lowest BCUT2D eigenvalue weighted by Gasteiger charge is -2.28. The second-order valence-corrected chi connectivity index (χ2v) is 18.9. The molecule has 0 saturated carbocycles. The molecule has 0 aromatic heterocycles. The molecule has 0 spiro atoms. The fourth-order valence-corrected chi connectivity index (χ4v) is 7.50. The molecule has 0 fully saturated rings. The Morgan fingerprint density at radius 1 is 0.526 bits per heavy atom. The molecule has 2 atom stereocenters. The van der Waals surface area contributed by atoms with Gasteiger partial charge in [-0.2, -0.15) is 0 Å². The van der Waals surface area contributed by atoms with Crippen LogP contribution in [0, 0.1) is 0 Å². The van der Waals surface area contributed by atoms with Crippen molar-refractivity contribution >= 4 is 19.8 Å². The van der Waals surface area contributed by atoms with Crippen molar-refractivity contribution in [3.8, 4) is 0 Å². The maximum Gasteiger partial charge on any atom is 0.306 e. The summed E-state index contributed by atoms with van der Waals surface area (Å²) in [7, 11) is 1.17. The Labute approximate surface area is 352 Å². The van der Waals surface area contributed by atoms with E-state index in [0.717, 1.165) is 51.4 Å². The second kappa shape index (κ2) is 40.2. The molecule has 0 N–H and O–H groups in total. The number of phosphoric acid groups is 1. The molecule has 0 aromatic carbocycles. The van der Waals surface area contributed by atoms with Gasteiger partial charge < -0.3 is 27.9 Å². The van der Waals surface area contributed by atoms with Crippen LogP contribution < -0.4 is 4.89 Å². The second-order valence-electron chi connectivity index (χ2n) is 17.5. The Bertz CT molecular complexity index is 985. The number of esters is 2. The van der Waals surface area contributed by atoms with E-state index in [9.17, 15) is 19.0 Å². The normalized spacial score (nSPS) is 13.6. The zero-order chi connectivity index (χ0) is 42.1. The van der Waals surface area contributed by atoms with E-state index in [1.807, 2.05) is 21.1 Å². The SMILES string of the molecule is CCCCCCCCC/C=C\CCCCCCCC(=O)OC[C@H](COP(=O)([O-])OCC[N+](C)(C)C)OC(=O)CCCCCCCCCCCCCCCCCCC. The number of hydrogen-bond donors (Lipinski definition) is 0. The monoisotopic (exact) mass is 830 g/mol. The Morgan fingerprint density at radius 3 is 1.30 bits per heavy atom. The minimum absolute atomic E-state index is 0.0287. The molecule has 1 unspecified atom stereocenters. The molecule has 57 heavy (non-hydrogen) atoms. The predicted octanol–water partition coefficient (Wildman–Crippen LogP) is 13.1. The summed E-state index contributed by atoms with van der Waals surface area (Å²) < 4.78 is 34.0. The summed E-state index contributed by atoms with van der Waals surface area (Å²) in [5.41, 5.74) is 0. The molecule has 0 aliphatic heterocycles. The summed E-state index contributed by atoms with van der Waals surface area (Å²) in [6, 6.07) is 0. The lowest BCUT2D eigenvalue weighted by atomic mass is 10.0. The number of carbonyl (C=O) groups excluding carboxylic acids is 2. The van der Waals surface area contributed by atoms with E-state index in [1.54, 1.807) is 0 Å². The van der Waals surface area contributed by atoms with Gasteiger partial charge in [-0.15, -0.1) is 0 Å². The molecule has 9 nitrogen and oxygen atoms in total. The number of phosphoric ester groups is 1. The number of unbranched alkanes of at least 4 members (excludes halogenated alkanes) is 28. The summed E-state index contributed by atoms with van der Waals surface area (Å²) in [4.78, 5) is 37.6. The third-order valence-corrected chi connectivity index (χ3v) is 11.5. The van der Waals surface area contributed by atoms with Gasteiger partial charge in [-0.05, 0) is 38.5 Å². The summed E-state index contributed by atoms with van der Waals surface area (Å²) in [6.45, 7) is 4.25. The van der Waals surface area contributed by atoms with E-state index in [4.69, 9.17) is 18.5 Å². The third kappa shape index (κ3) is 44.1. The number of quaternary nitrogens is 1. The molecule has 338 valence electrons. The Morgan fingerprint density at radius 2 is 0.895 bits per heavy atom. The molecule has 0 aromatic rings. The van der Waals surface area contributed by atoms with Crippen molar-refractivity contribution in [2.45, 2.75) is 232 Å². The van der Waals surface area contributed by atoms with Crippen LogP contribution in [0.3, 0.4) is 0 Å². The van der Waals surface area contributed by atoms with Crippen molar-refractivity contribution in [2.75, 3.05) is 47.5 Å². The Balaban J connectivity index is 4.29. The lowest BCUT2D eigenvalue weighted by molar-refractivity contribution is -0.870. The van der Waals surface area contributed by atoms with Gasteiger partial charge >= 0.3 is 11.9 Å². The first kappa shape index (κ1) is 55.8. The van der Waals surface area contributed by atoms with Crippen molar-refractivity contribution in [1.29, 1.82) is 0 Å². The van der Waals surface area contributed by atoms with Crippen molar-refractivity contribution in [1.82, 2.24) is 0 Å². The summed E-state index contributed by atoms with van der Waals surface area (Å²) in [5, 5.41) is 0. The highest BCUT2D eigenvalue weighted by molar-refractivity contribution is 7.45. The number of nitrogens with zero attached hydrogens (tertiary/aromatic N) is 1. The first-order chi connectivity index (χ1) is 27.5. The highest BCUT2D eigenvalue weighted by atomic mass is 31.2.